The lowest BCUT2D eigenvalue weighted by molar-refractivity contribution is -0.138. The molecule has 0 aliphatic heterocycles. The number of carbonyl (C=O) groups is 1. The number of primary sulfonamides is 1. The lowest BCUT2D eigenvalue weighted by Gasteiger charge is -2.24. The van der Waals surface area contributed by atoms with Crippen molar-refractivity contribution in [3.63, 3.8) is 0 Å². The molecule has 274 valence electrons. The van der Waals surface area contributed by atoms with E-state index in [0.717, 1.165) is 34.5 Å². The number of Topliss-reactive ketones (excluding diaryl/α,β-unsaturated/α-hetero) is 1. The predicted octanol–water partition coefficient (Wildman–Crippen LogP) is 9.09. The van der Waals surface area contributed by atoms with Gasteiger partial charge in [-0.25, -0.2) is 26.4 Å². The molecule has 0 heterocycles. The fourth-order valence-electron chi connectivity index (χ4n) is 4.72. The SMILES string of the molecule is CC(=O)Cc1ccc(C(C)(C)C)c(Cl)c1.CC(C)(C)c1ccc(CS(C)(=O)=O)cc1C(F)(F)F.CC(C)(C)c1ccc(S(N)(=O)=O)cc1F. The first kappa shape index (κ1) is 44.2. The minimum Gasteiger partial charge on any atom is -0.300 e. The van der Waals surface area contributed by atoms with E-state index >= 15 is 0 Å². The number of carbonyl (C=O) groups excluding carboxylic acids is 1. The lowest BCUT2D eigenvalue weighted by atomic mass is 9.83. The van der Waals surface area contributed by atoms with Crippen molar-refractivity contribution >= 4 is 37.2 Å². The van der Waals surface area contributed by atoms with Gasteiger partial charge in [0, 0.05) is 17.7 Å². The van der Waals surface area contributed by atoms with Gasteiger partial charge in [0.05, 0.1) is 16.2 Å². The predicted molar refractivity (Wildman–Crippen MR) is 190 cm³/mol. The summed E-state index contributed by atoms with van der Waals surface area (Å²) >= 11 is 6.19. The van der Waals surface area contributed by atoms with Crippen molar-refractivity contribution < 1.29 is 39.2 Å². The zero-order valence-electron chi connectivity index (χ0n) is 29.9. The molecule has 0 unspecified atom stereocenters. The first-order valence-corrected chi connectivity index (χ1v) is 19.2. The summed E-state index contributed by atoms with van der Waals surface area (Å²) in [6, 6.07) is 13.4. The van der Waals surface area contributed by atoms with Gasteiger partial charge in [0.2, 0.25) is 10.0 Å². The molecule has 0 bridgehead atoms. The summed E-state index contributed by atoms with van der Waals surface area (Å²) in [5.41, 5.74) is 1.16. The highest BCUT2D eigenvalue weighted by Gasteiger charge is 2.36. The van der Waals surface area contributed by atoms with Crippen LogP contribution < -0.4 is 5.14 Å². The smallest absolute Gasteiger partial charge is 0.300 e. The molecule has 0 aliphatic carbocycles. The molecule has 0 radical (unpaired) electrons. The lowest BCUT2D eigenvalue weighted by Crippen LogP contribution is -2.20. The molecular weight excluding hydrogens is 702 g/mol. The van der Waals surface area contributed by atoms with E-state index in [1.807, 2.05) is 39.0 Å². The molecular formula is C36H48ClF4NO5S2. The zero-order chi connectivity index (χ0) is 38.6. The van der Waals surface area contributed by atoms with Crippen LogP contribution in [0.15, 0.2) is 59.5 Å². The summed E-state index contributed by atoms with van der Waals surface area (Å²) in [5.74, 6) is -0.774. The van der Waals surface area contributed by atoms with Crippen molar-refractivity contribution in [3.8, 4) is 0 Å². The summed E-state index contributed by atoms with van der Waals surface area (Å²) in [4.78, 5) is 10.8. The molecule has 3 aromatic rings. The number of sulfonamides is 1. The molecule has 0 saturated carbocycles. The Morgan fingerprint density at radius 1 is 0.694 bits per heavy atom. The molecule has 13 heteroatoms. The van der Waals surface area contributed by atoms with Gasteiger partial charge in [-0.3, -0.25) is 4.79 Å². The molecule has 0 saturated heterocycles. The quantitative estimate of drug-likeness (QED) is 0.262. The van der Waals surface area contributed by atoms with E-state index in [1.165, 1.54) is 24.3 Å². The second-order valence-corrected chi connectivity index (χ2v) is 19.2. The number of benzene rings is 3. The Bertz CT molecular complexity index is 1850. The molecule has 3 rings (SSSR count). The van der Waals surface area contributed by atoms with Crippen LogP contribution in [0.4, 0.5) is 17.6 Å². The highest BCUT2D eigenvalue weighted by Crippen LogP contribution is 2.38. The number of ketones is 1. The van der Waals surface area contributed by atoms with Gasteiger partial charge in [0.1, 0.15) is 11.6 Å². The first-order chi connectivity index (χ1) is 21.7. The topological polar surface area (TPSA) is 111 Å². The summed E-state index contributed by atoms with van der Waals surface area (Å²) in [6.45, 7) is 18.6. The van der Waals surface area contributed by atoms with Crippen LogP contribution in [0.25, 0.3) is 0 Å². The van der Waals surface area contributed by atoms with Crippen LogP contribution in [-0.2, 0) is 59.3 Å². The fraction of sp³-hybridized carbons (Fsp3) is 0.472. The summed E-state index contributed by atoms with van der Waals surface area (Å²) in [7, 11) is -7.18. The van der Waals surface area contributed by atoms with Crippen molar-refractivity contribution in [3.05, 3.63) is 98.8 Å². The molecule has 49 heavy (non-hydrogen) atoms. The third kappa shape index (κ3) is 14.9. The van der Waals surface area contributed by atoms with Crippen molar-refractivity contribution in [2.24, 2.45) is 5.14 Å². The third-order valence-corrected chi connectivity index (χ3v) is 9.08. The summed E-state index contributed by atoms with van der Waals surface area (Å²) in [6.07, 6.45) is -3.03. The van der Waals surface area contributed by atoms with Gasteiger partial charge >= 0.3 is 6.18 Å². The van der Waals surface area contributed by atoms with Crippen molar-refractivity contribution in [1.82, 2.24) is 0 Å². The van der Waals surface area contributed by atoms with Gasteiger partial charge < -0.3 is 0 Å². The molecule has 3 aromatic carbocycles. The Balaban J connectivity index is 0.000000371. The molecule has 6 nitrogen and oxygen atoms in total. The molecule has 0 amide bonds. The number of hydrogen-bond acceptors (Lipinski definition) is 5. The maximum Gasteiger partial charge on any atom is 0.416 e. The van der Waals surface area contributed by atoms with E-state index in [1.54, 1.807) is 27.7 Å². The van der Waals surface area contributed by atoms with Crippen molar-refractivity contribution in [1.29, 1.82) is 0 Å². The molecule has 0 fully saturated rings. The normalized spacial score (nSPS) is 12.8. The van der Waals surface area contributed by atoms with Crippen LogP contribution in [0.3, 0.4) is 0 Å². The van der Waals surface area contributed by atoms with Crippen LogP contribution in [0.2, 0.25) is 5.02 Å². The number of nitrogens with two attached hydrogens (primary N) is 1. The Morgan fingerprint density at radius 2 is 1.14 bits per heavy atom. The van der Waals surface area contributed by atoms with Gasteiger partial charge in [-0.05, 0) is 75.3 Å². The average molecular weight is 750 g/mol. The van der Waals surface area contributed by atoms with Crippen molar-refractivity contribution in [2.75, 3.05) is 6.26 Å². The van der Waals surface area contributed by atoms with Crippen LogP contribution in [0, 0.1) is 5.82 Å². The Morgan fingerprint density at radius 3 is 1.51 bits per heavy atom. The number of sulfone groups is 1. The highest BCUT2D eigenvalue weighted by atomic mass is 35.5. The Labute approximate surface area is 294 Å². The molecule has 2 N–H and O–H groups in total. The largest absolute Gasteiger partial charge is 0.416 e. The zero-order valence-corrected chi connectivity index (χ0v) is 32.3. The van der Waals surface area contributed by atoms with E-state index in [4.69, 9.17) is 16.7 Å². The fourth-order valence-corrected chi connectivity index (χ4v) is 6.51. The van der Waals surface area contributed by atoms with Gasteiger partial charge in [0.25, 0.3) is 0 Å². The minimum absolute atomic E-state index is 0.0475. The van der Waals surface area contributed by atoms with E-state index < -0.39 is 42.8 Å². The standard InChI is InChI=1S/C13H17ClO.C13H17F3O2S.C10H14FNO2S/c1-9(15)7-10-5-6-11(12(14)8-10)13(2,3)4;1-12(2,3)10-6-5-9(8-19(4,17)18)7-11(10)13(14,15)16;1-10(2,3)8-5-4-7(6-9(8)11)15(12,13)14/h5-6,8H,7H2,1-4H3;5-7H,8H2,1-4H3;4-6H,1-3H3,(H2,12,13,14). The van der Waals surface area contributed by atoms with Gasteiger partial charge in [-0.2, -0.15) is 13.2 Å². The Hall–Kier alpha value is -2.80. The second-order valence-electron chi connectivity index (χ2n) is 15.1. The number of alkyl halides is 3. The maximum absolute atomic E-state index is 13.6. The van der Waals surface area contributed by atoms with Crippen LogP contribution in [-0.4, -0.2) is 28.9 Å². The maximum atomic E-state index is 13.6. The third-order valence-electron chi connectivity index (χ3n) is 7.00. The van der Waals surface area contributed by atoms with E-state index in [2.05, 4.69) is 20.8 Å². The van der Waals surface area contributed by atoms with E-state index in [0.29, 0.717) is 12.0 Å². The highest BCUT2D eigenvalue weighted by molar-refractivity contribution is 7.90. The average Bonchev–Trinajstić information content (AvgIpc) is 2.85. The summed E-state index contributed by atoms with van der Waals surface area (Å²) in [5, 5.41) is 5.64. The van der Waals surface area contributed by atoms with Crippen LogP contribution >= 0.6 is 11.6 Å². The summed E-state index contributed by atoms with van der Waals surface area (Å²) < 4.78 is 96.9. The number of rotatable bonds is 5. The van der Waals surface area contributed by atoms with Gasteiger partial charge in [0.15, 0.2) is 9.84 Å². The van der Waals surface area contributed by atoms with Crippen molar-refractivity contribution in [2.45, 2.75) is 109 Å². The van der Waals surface area contributed by atoms with Crippen LogP contribution in [0.5, 0.6) is 0 Å². The molecule has 0 aromatic heterocycles. The Kier molecular flexibility index (Phi) is 14.5. The monoisotopic (exact) mass is 749 g/mol. The molecule has 0 atom stereocenters. The molecule has 0 spiro atoms. The molecule has 0 aliphatic rings. The number of hydrogen-bond donors (Lipinski definition) is 1. The van der Waals surface area contributed by atoms with E-state index in [9.17, 15) is 39.2 Å². The van der Waals surface area contributed by atoms with Crippen LogP contribution in [0.1, 0.15) is 103 Å². The first-order valence-electron chi connectivity index (χ1n) is 15.2. The van der Waals surface area contributed by atoms with E-state index in [-0.39, 0.29) is 38.4 Å². The van der Waals surface area contributed by atoms with Gasteiger partial charge in [-0.15, -0.1) is 0 Å². The minimum atomic E-state index is -4.49. The second kappa shape index (κ2) is 16.0. The van der Waals surface area contributed by atoms with Gasteiger partial charge in [-0.1, -0.05) is 104 Å². The number of halogens is 5.